The van der Waals surface area contributed by atoms with Gasteiger partial charge < -0.3 is 10.3 Å². The smallest absolute Gasteiger partial charge is 0.251 e. The van der Waals surface area contributed by atoms with Gasteiger partial charge in [-0.1, -0.05) is 0 Å². The summed E-state index contributed by atoms with van der Waals surface area (Å²) in [6.45, 7) is 0. The average Bonchev–Trinajstić information content (AvgIpc) is 2.41. The number of aromatic amines is 1. The number of H-pyrrole nitrogens is 1. The fourth-order valence-corrected chi connectivity index (χ4v) is 1.84. The molecule has 1 atom stereocenters. The van der Waals surface area contributed by atoms with E-state index in [0.29, 0.717) is 11.8 Å². The third-order valence-electron chi connectivity index (χ3n) is 2.81. The number of carbonyl (C=O) groups is 1. The average molecular weight is 277 g/mol. The van der Waals surface area contributed by atoms with Gasteiger partial charge in [-0.05, 0) is 12.1 Å². The third kappa shape index (κ3) is 2.64. The Morgan fingerprint density at radius 2 is 2.05 bits per heavy atom. The first-order chi connectivity index (χ1) is 9.55. The lowest BCUT2D eigenvalue weighted by molar-refractivity contribution is -0.109. The molecule has 1 heterocycles. The van der Waals surface area contributed by atoms with E-state index in [4.69, 9.17) is 5.26 Å². The number of rotatable bonds is 4. The van der Waals surface area contributed by atoms with E-state index < -0.39 is 23.2 Å². The lowest BCUT2D eigenvalue weighted by Crippen LogP contribution is -2.30. The predicted octanol–water partition coefficient (Wildman–Crippen LogP) is 0.987. The van der Waals surface area contributed by atoms with Crippen LogP contribution in [0.2, 0.25) is 0 Å². The van der Waals surface area contributed by atoms with Crippen molar-refractivity contribution in [3.8, 4) is 6.07 Å². The Balaban J connectivity index is 2.47. The normalized spacial score (nSPS) is 11.8. The zero-order chi connectivity index (χ0) is 14.7. The second-order valence-corrected chi connectivity index (χ2v) is 4.15. The maximum absolute atomic E-state index is 13.2. The summed E-state index contributed by atoms with van der Waals surface area (Å²) in [7, 11) is 0. The molecule has 0 saturated heterocycles. The second kappa shape index (κ2) is 5.48. The Hall–Kier alpha value is -2.75. The number of hydrogen-bond acceptors (Lipinski definition) is 3. The van der Waals surface area contributed by atoms with Gasteiger partial charge in [0.1, 0.15) is 6.04 Å². The van der Waals surface area contributed by atoms with E-state index in [9.17, 15) is 18.4 Å². The molecule has 102 valence electrons. The van der Waals surface area contributed by atoms with Crippen molar-refractivity contribution in [2.45, 2.75) is 12.5 Å². The number of pyridine rings is 1. The number of amides is 1. The van der Waals surface area contributed by atoms with Gasteiger partial charge in [-0.3, -0.25) is 9.59 Å². The maximum Gasteiger partial charge on any atom is 0.251 e. The van der Waals surface area contributed by atoms with Crippen LogP contribution in [0.1, 0.15) is 5.56 Å². The van der Waals surface area contributed by atoms with Gasteiger partial charge >= 0.3 is 0 Å². The molecule has 0 spiro atoms. The molecule has 2 N–H and O–H groups in total. The van der Waals surface area contributed by atoms with Crippen LogP contribution in [-0.2, 0) is 11.2 Å². The molecule has 0 fully saturated rings. The summed E-state index contributed by atoms with van der Waals surface area (Å²) < 4.78 is 26.2. The van der Waals surface area contributed by atoms with E-state index in [1.165, 1.54) is 6.07 Å². The molecule has 0 aliphatic rings. The molecule has 0 unspecified atom stereocenters. The number of aromatic nitrogens is 1. The third-order valence-corrected chi connectivity index (χ3v) is 2.81. The minimum atomic E-state index is -1.06. The molecule has 0 bridgehead atoms. The number of benzene rings is 1. The van der Waals surface area contributed by atoms with Crippen LogP contribution in [0.15, 0.2) is 23.0 Å². The highest BCUT2D eigenvalue weighted by Gasteiger charge is 2.12. The lowest BCUT2D eigenvalue weighted by Gasteiger charge is -2.08. The highest BCUT2D eigenvalue weighted by atomic mass is 19.2. The van der Waals surface area contributed by atoms with Gasteiger partial charge in [-0.2, -0.15) is 5.26 Å². The first-order valence-electron chi connectivity index (χ1n) is 5.65. The summed E-state index contributed by atoms with van der Waals surface area (Å²) in [4.78, 5) is 24.5. The van der Waals surface area contributed by atoms with Crippen molar-refractivity contribution in [1.82, 2.24) is 10.3 Å². The van der Waals surface area contributed by atoms with Crippen molar-refractivity contribution in [3.05, 3.63) is 45.8 Å². The van der Waals surface area contributed by atoms with E-state index in [1.54, 1.807) is 0 Å². The molecule has 7 heteroatoms. The summed E-state index contributed by atoms with van der Waals surface area (Å²) in [6.07, 6.45) is 0.331. The molecular formula is C13H9F2N3O2. The Morgan fingerprint density at radius 3 is 2.70 bits per heavy atom. The van der Waals surface area contributed by atoms with Gasteiger partial charge in [-0.25, -0.2) is 8.78 Å². The predicted molar refractivity (Wildman–Crippen MR) is 66.8 cm³/mol. The number of carbonyl (C=O) groups excluding carboxylic acids is 1. The minimum Gasteiger partial charge on any atom is -0.343 e. The van der Waals surface area contributed by atoms with Crippen LogP contribution in [-0.4, -0.2) is 17.4 Å². The highest BCUT2D eigenvalue weighted by Crippen LogP contribution is 2.16. The molecule has 0 aliphatic carbocycles. The highest BCUT2D eigenvalue weighted by molar-refractivity contribution is 5.79. The van der Waals surface area contributed by atoms with Gasteiger partial charge in [0.25, 0.3) is 5.56 Å². The zero-order valence-electron chi connectivity index (χ0n) is 10.1. The number of nitrogens with one attached hydrogen (secondary N) is 2. The van der Waals surface area contributed by atoms with Crippen molar-refractivity contribution in [1.29, 1.82) is 5.26 Å². The summed E-state index contributed by atoms with van der Waals surface area (Å²) in [5, 5.41) is 11.4. The molecular weight excluding hydrogens is 268 g/mol. The molecule has 5 nitrogen and oxygen atoms in total. The Labute approximate surface area is 111 Å². The quantitative estimate of drug-likeness (QED) is 0.817. The number of nitrogens with zero attached hydrogens (tertiary/aromatic N) is 1. The molecule has 1 aromatic heterocycles. The van der Waals surface area contributed by atoms with Crippen LogP contribution in [0.4, 0.5) is 8.78 Å². The lowest BCUT2D eigenvalue weighted by atomic mass is 10.1. The van der Waals surface area contributed by atoms with Crippen LogP contribution in [0.25, 0.3) is 10.9 Å². The Bertz CT molecular complexity index is 765. The van der Waals surface area contributed by atoms with Gasteiger partial charge in [0.05, 0.1) is 11.6 Å². The first kappa shape index (κ1) is 13.7. The van der Waals surface area contributed by atoms with E-state index in [-0.39, 0.29) is 17.5 Å². The summed E-state index contributed by atoms with van der Waals surface area (Å²) in [5.41, 5.74) is -0.157. The van der Waals surface area contributed by atoms with Gasteiger partial charge in [0.15, 0.2) is 11.6 Å². The summed E-state index contributed by atoms with van der Waals surface area (Å²) >= 11 is 0. The molecule has 20 heavy (non-hydrogen) atoms. The van der Waals surface area contributed by atoms with Crippen molar-refractivity contribution in [3.63, 3.8) is 0 Å². The Morgan fingerprint density at radius 1 is 1.35 bits per heavy atom. The van der Waals surface area contributed by atoms with E-state index >= 15 is 0 Å². The molecule has 0 radical (unpaired) electrons. The zero-order valence-corrected chi connectivity index (χ0v) is 10.1. The van der Waals surface area contributed by atoms with Gasteiger partial charge in [-0.15, -0.1) is 0 Å². The minimum absolute atomic E-state index is 0.0283. The number of halogens is 2. The Kier molecular flexibility index (Phi) is 3.75. The first-order valence-corrected chi connectivity index (χ1v) is 5.65. The molecule has 0 aliphatic heterocycles. The number of nitriles is 1. The molecule has 2 aromatic rings. The fraction of sp³-hybridized carbons (Fsp3) is 0.154. The van der Waals surface area contributed by atoms with Crippen LogP contribution in [0.5, 0.6) is 0 Å². The van der Waals surface area contributed by atoms with Crippen molar-refractivity contribution in [2.24, 2.45) is 0 Å². The van der Waals surface area contributed by atoms with E-state index in [2.05, 4.69) is 10.3 Å². The van der Waals surface area contributed by atoms with Gasteiger partial charge in [0.2, 0.25) is 6.41 Å². The van der Waals surface area contributed by atoms with E-state index in [1.807, 2.05) is 6.07 Å². The maximum atomic E-state index is 13.2. The second-order valence-electron chi connectivity index (χ2n) is 4.15. The number of hydrogen-bond donors (Lipinski definition) is 2. The topological polar surface area (TPSA) is 85.8 Å². The van der Waals surface area contributed by atoms with Crippen LogP contribution >= 0.6 is 0 Å². The van der Waals surface area contributed by atoms with Crippen molar-refractivity contribution >= 4 is 17.3 Å². The standard InChI is InChI=1S/C13H9F2N3O2/c14-10-3-7-1-8(2-9(5-16)17-6-19)13(20)18-12(7)4-11(10)15/h1,3-4,6,9H,2H2,(H,17,19)(H,18,20)/t9-/m0/s1. The molecule has 1 amide bonds. The number of fused-ring (bicyclic) bond motifs is 1. The fourth-order valence-electron chi connectivity index (χ4n) is 1.84. The SMILES string of the molecule is N#C[C@H](Cc1cc2cc(F)c(F)cc2[nH]c1=O)NC=O. The largest absolute Gasteiger partial charge is 0.343 e. The van der Waals surface area contributed by atoms with Crippen LogP contribution in [0.3, 0.4) is 0 Å². The monoisotopic (exact) mass is 277 g/mol. The summed E-state index contributed by atoms with van der Waals surface area (Å²) in [5.74, 6) is -2.09. The summed E-state index contributed by atoms with van der Waals surface area (Å²) in [6, 6.07) is 4.17. The van der Waals surface area contributed by atoms with E-state index in [0.717, 1.165) is 12.1 Å². The van der Waals surface area contributed by atoms with Crippen LogP contribution < -0.4 is 10.9 Å². The molecule has 1 aromatic carbocycles. The van der Waals surface area contributed by atoms with Crippen molar-refractivity contribution in [2.75, 3.05) is 0 Å². The van der Waals surface area contributed by atoms with Crippen molar-refractivity contribution < 1.29 is 13.6 Å². The molecule has 0 saturated carbocycles. The van der Waals surface area contributed by atoms with Gasteiger partial charge in [0, 0.05) is 23.4 Å². The van der Waals surface area contributed by atoms with Crippen LogP contribution in [0, 0.1) is 23.0 Å². The molecule has 2 rings (SSSR count).